The first-order valence-corrected chi connectivity index (χ1v) is 8.47. The Balaban J connectivity index is 1.70. The molecule has 0 aliphatic carbocycles. The van der Waals surface area contributed by atoms with E-state index in [0.717, 1.165) is 5.69 Å². The summed E-state index contributed by atoms with van der Waals surface area (Å²) in [5, 5.41) is 22.2. The van der Waals surface area contributed by atoms with Gasteiger partial charge in [-0.15, -0.1) is 0 Å². The van der Waals surface area contributed by atoms with E-state index in [9.17, 15) is 25.0 Å². The molecule has 1 heterocycles. The molecule has 0 atom stereocenters. The summed E-state index contributed by atoms with van der Waals surface area (Å²) >= 11 is 5.89. The van der Waals surface area contributed by atoms with Crippen LogP contribution in [0.2, 0.25) is 5.02 Å². The number of non-ortho nitro benzene ring substituents is 1. The summed E-state index contributed by atoms with van der Waals surface area (Å²) in [5.41, 5.74) is 0.528. The van der Waals surface area contributed by atoms with Gasteiger partial charge in [0.05, 0.1) is 9.85 Å². The normalized spacial score (nSPS) is 14.1. The van der Waals surface area contributed by atoms with Crippen molar-refractivity contribution in [3.63, 3.8) is 0 Å². The van der Waals surface area contributed by atoms with E-state index in [0.29, 0.717) is 26.2 Å². The maximum absolute atomic E-state index is 12.7. The van der Waals surface area contributed by atoms with Crippen LogP contribution in [0.3, 0.4) is 0 Å². The van der Waals surface area contributed by atoms with E-state index in [1.54, 1.807) is 17.0 Å². The SMILES string of the molecule is O=C(c1cc(Cl)ccc1[N+](=O)[O-])N1CCN(c2ccc([N+](=O)[O-])cc2)CC1. The number of halogens is 1. The lowest BCUT2D eigenvalue weighted by atomic mass is 10.1. The number of piperazine rings is 1. The maximum atomic E-state index is 12.7. The first-order valence-electron chi connectivity index (χ1n) is 8.09. The number of carbonyl (C=O) groups is 1. The van der Waals surface area contributed by atoms with E-state index in [4.69, 9.17) is 11.6 Å². The Morgan fingerprint density at radius 3 is 2.11 bits per heavy atom. The molecule has 10 heteroatoms. The minimum atomic E-state index is -0.601. The number of benzene rings is 2. The quantitative estimate of drug-likeness (QED) is 0.586. The van der Waals surface area contributed by atoms with Gasteiger partial charge in [0.1, 0.15) is 5.56 Å². The Morgan fingerprint density at radius 2 is 1.56 bits per heavy atom. The zero-order valence-electron chi connectivity index (χ0n) is 14.1. The van der Waals surface area contributed by atoms with Crippen molar-refractivity contribution in [3.05, 3.63) is 73.3 Å². The van der Waals surface area contributed by atoms with Crippen LogP contribution in [0.5, 0.6) is 0 Å². The lowest BCUT2D eigenvalue weighted by molar-refractivity contribution is -0.385. The molecular weight excluding hydrogens is 376 g/mol. The second kappa shape index (κ2) is 7.58. The summed E-state index contributed by atoms with van der Waals surface area (Å²) in [6.45, 7) is 1.77. The van der Waals surface area contributed by atoms with Crippen LogP contribution in [-0.2, 0) is 0 Å². The van der Waals surface area contributed by atoms with E-state index < -0.39 is 15.8 Å². The molecular formula is C17H15ClN4O5. The van der Waals surface area contributed by atoms with Crippen LogP contribution < -0.4 is 4.90 Å². The van der Waals surface area contributed by atoms with Crippen LogP contribution in [0, 0.1) is 20.2 Å². The Kier molecular flexibility index (Phi) is 5.22. The number of nitrogens with zero attached hydrogens (tertiary/aromatic N) is 4. The van der Waals surface area contributed by atoms with Gasteiger partial charge in [0.25, 0.3) is 17.3 Å². The third-order valence-electron chi connectivity index (χ3n) is 4.38. The Labute approximate surface area is 159 Å². The fraction of sp³-hybridized carbons (Fsp3) is 0.235. The van der Waals surface area contributed by atoms with Gasteiger partial charge in [0.15, 0.2) is 0 Å². The van der Waals surface area contributed by atoms with Crippen molar-refractivity contribution in [2.75, 3.05) is 31.1 Å². The molecule has 27 heavy (non-hydrogen) atoms. The number of rotatable bonds is 4. The van der Waals surface area contributed by atoms with Crippen LogP contribution >= 0.6 is 11.6 Å². The smallest absolute Gasteiger partial charge is 0.282 e. The molecule has 1 amide bonds. The molecule has 0 unspecified atom stereocenters. The van der Waals surface area contributed by atoms with Gasteiger partial charge in [0.2, 0.25) is 0 Å². The predicted molar refractivity (Wildman–Crippen MR) is 99.3 cm³/mol. The molecule has 0 spiro atoms. The molecule has 0 N–H and O–H groups in total. The third kappa shape index (κ3) is 3.98. The highest BCUT2D eigenvalue weighted by Gasteiger charge is 2.28. The fourth-order valence-corrected chi connectivity index (χ4v) is 3.13. The van der Waals surface area contributed by atoms with E-state index in [2.05, 4.69) is 0 Å². The Bertz CT molecular complexity index is 895. The van der Waals surface area contributed by atoms with Crippen LogP contribution in [0.15, 0.2) is 42.5 Å². The molecule has 1 fully saturated rings. The molecule has 0 aromatic heterocycles. The number of anilines is 1. The fourth-order valence-electron chi connectivity index (χ4n) is 2.96. The lowest BCUT2D eigenvalue weighted by Gasteiger charge is -2.36. The van der Waals surface area contributed by atoms with Gasteiger partial charge in [-0.05, 0) is 24.3 Å². The first kappa shape index (κ1) is 18.6. The van der Waals surface area contributed by atoms with Crippen molar-refractivity contribution in [3.8, 4) is 0 Å². The van der Waals surface area contributed by atoms with Gasteiger partial charge in [0, 0.05) is 55.1 Å². The predicted octanol–water partition coefficient (Wildman–Crippen LogP) is 3.12. The zero-order chi connectivity index (χ0) is 19.6. The largest absolute Gasteiger partial charge is 0.368 e. The molecule has 0 radical (unpaired) electrons. The molecule has 9 nitrogen and oxygen atoms in total. The summed E-state index contributed by atoms with van der Waals surface area (Å²) in [5.74, 6) is -0.437. The van der Waals surface area contributed by atoms with Crippen molar-refractivity contribution in [2.45, 2.75) is 0 Å². The Morgan fingerprint density at radius 1 is 0.926 bits per heavy atom. The van der Waals surface area contributed by atoms with Gasteiger partial charge in [-0.25, -0.2) is 0 Å². The number of carbonyl (C=O) groups excluding carboxylic acids is 1. The van der Waals surface area contributed by atoms with Crippen LogP contribution in [0.4, 0.5) is 17.1 Å². The number of amides is 1. The van der Waals surface area contributed by atoms with Crippen LogP contribution in [-0.4, -0.2) is 46.8 Å². The molecule has 0 bridgehead atoms. The van der Waals surface area contributed by atoms with Crippen LogP contribution in [0.1, 0.15) is 10.4 Å². The average molecular weight is 391 g/mol. The number of nitro benzene ring substituents is 2. The minimum absolute atomic E-state index is 0.0147. The highest BCUT2D eigenvalue weighted by atomic mass is 35.5. The number of hydrogen-bond acceptors (Lipinski definition) is 6. The van der Waals surface area contributed by atoms with E-state index in [1.807, 2.05) is 4.90 Å². The molecule has 0 saturated carbocycles. The van der Waals surface area contributed by atoms with E-state index in [1.165, 1.54) is 30.3 Å². The molecule has 1 saturated heterocycles. The standard InChI is InChI=1S/C17H15ClN4O5/c18-12-1-6-16(22(26)27)15(11-12)17(23)20-9-7-19(8-10-20)13-2-4-14(5-3-13)21(24)25/h1-6,11H,7-10H2. The molecule has 3 rings (SSSR count). The Hall–Kier alpha value is -3.20. The molecule has 1 aliphatic rings. The summed E-state index contributed by atoms with van der Waals surface area (Å²) < 4.78 is 0. The van der Waals surface area contributed by atoms with Gasteiger partial charge in [-0.2, -0.15) is 0 Å². The van der Waals surface area contributed by atoms with Crippen molar-refractivity contribution in [1.29, 1.82) is 0 Å². The molecule has 2 aromatic carbocycles. The van der Waals surface area contributed by atoms with Gasteiger partial charge < -0.3 is 9.80 Å². The number of nitro groups is 2. The summed E-state index contributed by atoms with van der Waals surface area (Å²) in [7, 11) is 0. The van der Waals surface area contributed by atoms with Gasteiger partial charge in [-0.1, -0.05) is 11.6 Å². The maximum Gasteiger partial charge on any atom is 0.282 e. The van der Waals surface area contributed by atoms with Crippen molar-refractivity contribution in [2.24, 2.45) is 0 Å². The number of hydrogen-bond donors (Lipinski definition) is 0. The topological polar surface area (TPSA) is 110 Å². The van der Waals surface area contributed by atoms with E-state index in [-0.39, 0.29) is 22.0 Å². The second-order valence-corrected chi connectivity index (χ2v) is 6.41. The summed E-state index contributed by atoms with van der Waals surface area (Å²) in [6, 6.07) is 10.1. The van der Waals surface area contributed by atoms with E-state index >= 15 is 0 Å². The third-order valence-corrected chi connectivity index (χ3v) is 4.61. The average Bonchev–Trinajstić information content (AvgIpc) is 2.67. The van der Waals surface area contributed by atoms with Crippen molar-refractivity contribution in [1.82, 2.24) is 4.90 Å². The minimum Gasteiger partial charge on any atom is -0.368 e. The monoisotopic (exact) mass is 390 g/mol. The zero-order valence-corrected chi connectivity index (χ0v) is 14.8. The first-order chi connectivity index (χ1) is 12.9. The molecule has 1 aliphatic heterocycles. The molecule has 2 aromatic rings. The summed E-state index contributed by atoms with van der Waals surface area (Å²) in [6.07, 6.45) is 0. The summed E-state index contributed by atoms with van der Waals surface area (Å²) in [4.78, 5) is 37.1. The van der Waals surface area contributed by atoms with Gasteiger partial charge in [-0.3, -0.25) is 25.0 Å². The second-order valence-electron chi connectivity index (χ2n) is 5.97. The van der Waals surface area contributed by atoms with Crippen LogP contribution in [0.25, 0.3) is 0 Å². The lowest BCUT2D eigenvalue weighted by Crippen LogP contribution is -2.48. The van der Waals surface area contributed by atoms with Crippen molar-refractivity contribution >= 4 is 34.6 Å². The molecule has 140 valence electrons. The highest BCUT2D eigenvalue weighted by molar-refractivity contribution is 6.31. The van der Waals surface area contributed by atoms with Gasteiger partial charge >= 0.3 is 0 Å². The van der Waals surface area contributed by atoms with Crippen molar-refractivity contribution < 1.29 is 14.6 Å². The highest BCUT2D eigenvalue weighted by Crippen LogP contribution is 2.26.